The van der Waals surface area contributed by atoms with Gasteiger partial charge in [-0.15, -0.1) is 0 Å². The first-order valence-electron chi connectivity index (χ1n) is 10.2. The predicted molar refractivity (Wildman–Crippen MR) is 125 cm³/mol. The molecule has 7 nitrogen and oxygen atoms in total. The van der Waals surface area contributed by atoms with Gasteiger partial charge in [-0.05, 0) is 67.4 Å². The lowest BCUT2D eigenvalue weighted by Gasteiger charge is -2.20. The lowest BCUT2D eigenvalue weighted by Crippen LogP contribution is -2.29. The van der Waals surface area contributed by atoms with Crippen LogP contribution in [0.15, 0.2) is 71.6 Å². The van der Waals surface area contributed by atoms with Crippen molar-refractivity contribution in [2.45, 2.75) is 25.2 Å². The second kappa shape index (κ2) is 8.47. The van der Waals surface area contributed by atoms with Crippen LogP contribution in [0.5, 0.6) is 0 Å². The van der Waals surface area contributed by atoms with Crippen LogP contribution in [0.4, 0.5) is 17.1 Å². The maximum absolute atomic E-state index is 13.1. The molecule has 3 aromatic rings. The van der Waals surface area contributed by atoms with Gasteiger partial charge in [-0.25, -0.2) is 8.42 Å². The van der Waals surface area contributed by atoms with Crippen LogP contribution in [0.1, 0.15) is 28.4 Å². The first-order valence-corrected chi connectivity index (χ1v) is 11.6. The molecule has 0 unspecified atom stereocenters. The van der Waals surface area contributed by atoms with Gasteiger partial charge in [0.1, 0.15) is 0 Å². The molecule has 0 aromatic heterocycles. The average Bonchev–Trinajstić information content (AvgIpc) is 3.18. The zero-order chi connectivity index (χ0) is 22.9. The zero-order valence-electron chi connectivity index (χ0n) is 17.8. The number of benzene rings is 3. The van der Waals surface area contributed by atoms with Crippen molar-refractivity contribution in [1.29, 1.82) is 0 Å². The van der Waals surface area contributed by atoms with Crippen molar-refractivity contribution in [3.8, 4) is 0 Å². The Morgan fingerprint density at radius 3 is 2.28 bits per heavy atom. The highest BCUT2D eigenvalue weighted by molar-refractivity contribution is 7.92. The van der Waals surface area contributed by atoms with Crippen LogP contribution in [-0.2, 0) is 21.2 Å². The van der Waals surface area contributed by atoms with Crippen molar-refractivity contribution >= 4 is 38.9 Å². The highest BCUT2D eigenvalue weighted by atomic mass is 32.2. The van der Waals surface area contributed by atoms with Crippen LogP contribution in [-0.4, -0.2) is 26.8 Å². The largest absolute Gasteiger partial charge is 0.326 e. The molecule has 1 aliphatic rings. The normalized spacial score (nSPS) is 12.9. The topological polar surface area (TPSA) is 95.6 Å². The fourth-order valence-corrected chi connectivity index (χ4v) is 5.18. The van der Waals surface area contributed by atoms with E-state index in [2.05, 4.69) is 10.6 Å². The summed E-state index contributed by atoms with van der Waals surface area (Å²) in [5.41, 5.74) is 3.95. The molecule has 0 saturated heterocycles. The van der Waals surface area contributed by atoms with Crippen molar-refractivity contribution in [2.24, 2.45) is 0 Å². The maximum atomic E-state index is 13.1. The van der Waals surface area contributed by atoms with Gasteiger partial charge in [0.2, 0.25) is 5.91 Å². The van der Waals surface area contributed by atoms with Crippen molar-refractivity contribution in [2.75, 3.05) is 21.5 Å². The van der Waals surface area contributed by atoms with Crippen LogP contribution < -0.4 is 14.9 Å². The summed E-state index contributed by atoms with van der Waals surface area (Å²) in [6, 6.07) is 18.7. The van der Waals surface area contributed by atoms with E-state index < -0.39 is 10.0 Å². The zero-order valence-corrected chi connectivity index (χ0v) is 18.6. The van der Waals surface area contributed by atoms with Crippen molar-refractivity contribution in [3.63, 3.8) is 0 Å². The summed E-state index contributed by atoms with van der Waals surface area (Å²) in [6.45, 7) is 3.65. The third kappa shape index (κ3) is 4.36. The Morgan fingerprint density at radius 1 is 0.906 bits per heavy atom. The molecule has 0 fully saturated rings. The Hall–Kier alpha value is -3.65. The predicted octanol–water partition coefficient (Wildman–Crippen LogP) is 3.96. The molecule has 4 rings (SSSR count). The van der Waals surface area contributed by atoms with Crippen molar-refractivity contribution in [3.05, 3.63) is 83.4 Å². The highest BCUT2D eigenvalue weighted by Crippen LogP contribution is 2.34. The molecule has 0 saturated carbocycles. The molecule has 164 valence electrons. The van der Waals surface area contributed by atoms with Crippen molar-refractivity contribution in [1.82, 2.24) is 0 Å². The van der Waals surface area contributed by atoms with Gasteiger partial charge in [0, 0.05) is 30.4 Å². The molecule has 8 heteroatoms. The van der Waals surface area contributed by atoms with E-state index >= 15 is 0 Å². The van der Waals surface area contributed by atoms with Gasteiger partial charge >= 0.3 is 0 Å². The van der Waals surface area contributed by atoms with Gasteiger partial charge in [0.15, 0.2) is 0 Å². The van der Waals surface area contributed by atoms with E-state index in [1.165, 1.54) is 11.2 Å². The lowest BCUT2D eigenvalue weighted by atomic mass is 10.1. The molecule has 0 spiro atoms. The number of carbonyl (C=O) groups excluding carboxylic acids is 2. The van der Waals surface area contributed by atoms with Crippen LogP contribution >= 0.6 is 0 Å². The van der Waals surface area contributed by atoms with E-state index in [0.29, 0.717) is 35.6 Å². The summed E-state index contributed by atoms with van der Waals surface area (Å²) >= 11 is 0. The number of hydrogen-bond donors (Lipinski definition) is 2. The number of rotatable bonds is 5. The number of hydrogen-bond acceptors (Lipinski definition) is 4. The molecule has 0 radical (unpaired) electrons. The minimum Gasteiger partial charge on any atom is -0.326 e. The lowest BCUT2D eigenvalue weighted by molar-refractivity contribution is -0.114. The Balaban J connectivity index is 1.54. The van der Waals surface area contributed by atoms with E-state index in [9.17, 15) is 18.0 Å². The molecular weight excluding hydrogens is 426 g/mol. The quantitative estimate of drug-likeness (QED) is 0.616. The van der Waals surface area contributed by atoms with Gasteiger partial charge < -0.3 is 10.6 Å². The van der Waals surface area contributed by atoms with E-state index in [0.717, 1.165) is 11.1 Å². The number of carbonyl (C=O) groups is 2. The number of aryl methyl sites for hydroxylation is 1. The molecule has 32 heavy (non-hydrogen) atoms. The first kappa shape index (κ1) is 21.6. The second-order valence-electron chi connectivity index (χ2n) is 7.70. The van der Waals surface area contributed by atoms with Crippen molar-refractivity contribution < 1.29 is 18.0 Å². The smallest absolute Gasteiger partial charge is 0.264 e. The minimum absolute atomic E-state index is 0.197. The van der Waals surface area contributed by atoms with E-state index in [-0.39, 0.29) is 16.7 Å². The number of anilines is 3. The minimum atomic E-state index is -3.67. The molecule has 1 aliphatic heterocycles. The molecule has 3 aromatic carbocycles. The summed E-state index contributed by atoms with van der Waals surface area (Å²) in [4.78, 5) is 24.2. The molecule has 2 N–H and O–H groups in total. The van der Waals surface area contributed by atoms with E-state index in [1.54, 1.807) is 66.7 Å². The van der Waals surface area contributed by atoms with Crippen LogP contribution in [0.2, 0.25) is 0 Å². The van der Waals surface area contributed by atoms with Crippen LogP contribution in [0.25, 0.3) is 0 Å². The Bertz CT molecular complexity index is 1300. The van der Waals surface area contributed by atoms with E-state index in [4.69, 9.17) is 0 Å². The molecule has 1 heterocycles. The highest BCUT2D eigenvalue weighted by Gasteiger charge is 2.31. The molecule has 0 atom stereocenters. The van der Waals surface area contributed by atoms with Gasteiger partial charge in [0.25, 0.3) is 15.9 Å². The molecule has 0 bridgehead atoms. The monoisotopic (exact) mass is 449 g/mol. The summed E-state index contributed by atoms with van der Waals surface area (Å²) in [5, 5.41) is 5.49. The Labute approximate surface area is 187 Å². The Morgan fingerprint density at radius 2 is 1.59 bits per heavy atom. The summed E-state index contributed by atoms with van der Waals surface area (Å²) in [5.74, 6) is -0.509. The number of nitrogens with one attached hydrogen (secondary N) is 2. The number of amides is 2. The number of fused-ring (bicyclic) bond motifs is 1. The van der Waals surface area contributed by atoms with Crippen LogP contribution in [0.3, 0.4) is 0 Å². The molecular formula is C24H23N3O4S. The van der Waals surface area contributed by atoms with Gasteiger partial charge in [-0.3, -0.25) is 13.9 Å². The first-order chi connectivity index (χ1) is 15.2. The standard InChI is InChI=1S/C24H23N3O4S/c1-16-6-9-22(10-7-16)32(30,31)27-13-12-18-14-19(8-11-23(18)27)24(29)26-21-5-3-4-20(15-21)25-17(2)28/h3-11,14-15H,12-13H2,1-2H3,(H,25,28)(H,26,29). The summed E-state index contributed by atoms with van der Waals surface area (Å²) in [7, 11) is -3.67. The summed E-state index contributed by atoms with van der Waals surface area (Å²) < 4.78 is 27.6. The maximum Gasteiger partial charge on any atom is 0.264 e. The Kier molecular flexibility index (Phi) is 5.71. The number of nitrogens with zero attached hydrogens (tertiary/aromatic N) is 1. The third-order valence-electron chi connectivity index (χ3n) is 5.24. The SMILES string of the molecule is CC(=O)Nc1cccc(NC(=O)c2ccc3c(c2)CCN3S(=O)(=O)c2ccc(C)cc2)c1. The second-order valence-corrected chi connectivity index (χ2v) is 9.56. The average molecular weight is 450 g/mol. The van der Waals surface area contributed by atoms with E-state index in [1.807, 2.05) is 6.92 Å². The van der Waals surface area contributed by atoms with Gasteiger partial charge in [-0.2, -0.15) is 0 Å². The summed E-state index contributed by atoms with van der Waals surface area (Å²) in [6.07, 6.45) is 0.527. The molecule has 2 amide bonds. The number of sulfonamides is 1. The fourth-order valence-electron chi connectivity index (χ4n) is 3.68. The fraction of sp³-hybridized carbons (Fsp3) is 0.167. The van der Waals surface area contributed by atoms with Gasteiger partial charge in [0.05, 0.1) is 10.6 Å². The van der Waals surface area contributed by atoms with Crippen LogP contribution in [0, 0.1) is 6.92 Å². The molecule has 0 aliphatic carbocycles. The van der Waals surface area contributed by atoms with Gasteiger partial charge in [-0.1, -0.05) is 23.8 Å². The third-order valence-corrected chi connectivity index (χ3v) is 7.07.